The van der Waals surface area contributed by atoms with Gasteiger partial charge in [0.15, 0.2) is 0 Å². The van der Waals surface area contributed by atoms with E-state index in [0.29, 0.717) is 0 Å². The molecule has 1 N–H and O–H groups in total. The first-order chi connectivity index (χ1) is 8.34. The molecule has 1 aliphatic rings. The predicted octanol–water partition coefficient (Wildman–Crippen LogP) is 3.76. The number of benzene rings is 1. The Bertz CT molecular complexity index is 331. The maximum absolute atomic E-state index is 3.56. The topological polar surface area (TPSA) is 12.0 Å². The van der Waals surface area contributed by atoms with E-state index in [9.17, 15) is 0 Å². The third-order valence-electron chi connectivity index (χ3n) is 3.35. The molecule has 0 amide bonds. The predicted molar refractivity (Wildman–Crippen MR) is 77.6 cm³/mol. The number of nitrogens with one attached hydrogen (secondary N) is 1. The van der Waals surface area contributed by atoms with Gasteiger partial charge >= 0.3 is 0 Å². The van der Waals surface area contributed by atoms with Crippen molar-refractivity contribution in [1.82, 2.24) is 5.32 Å². The van der Waals surface area contributed by atoms with Gasteiger partial charge in [-0.1, -0.05) is 29.8 Å². The Labute approximate surface area is 109 Å². The van der Waals surface area contributed by atoms with Gasteiger partial charge in [-0.15, -0.1) is 0 Å². The Kier molecular flexibility index (Phi) is 5.40. The molecular weight excluding hydrogens is 226 g/mol. The van der Waals surface area contributed by atoms with Gasteiger partial charge in [0.2, 0.25) is 0 Å². The lowest BCUT2D eigenvalue weighted by Crippen LogP contribution is -2.20. The molecule has 1 unspecified atom stereocenters. The van der Waals surface area contributed by atoms with Crippen LogP contribution in [0.25, 0.3) is 0 Å². The van der Waals surface area contributed by atoms with E-state index >= 15 is 0 Å². The lowest BCUT2D eigenvalue weighted by Gasteiger charge is -2.09. The second-order valence-corrected chi connectivity index (χ2v) is 6.08. The number of hydrogen-bond acceptors (Lipinski definition) is 2. The summed E-state index contributed by atoms with van der Waals surface area (Å²) < 4.78 is 0. The summed E-state index contributed by atoms with van der Waals surface area (Å²) in [4.78, 5) is 0. The van der Waals surface area contributed by atoms with Gasteiger partial charge < -0.3 is 5.32 Å². The van der Waals surface area contributed by atoms with E-state index in [2.05, 4.69) is 48.3 Å². The summed E-state index contributed by atoms with van der Waals surface area (Å²) in [7, 11) is 0. The fourth-order valence-corrected chi connectivity index (χ4v) is 3.36. The molecule has 0 spiro atoms. The Morgan fingerprint density at radius 1 is 1.41 bits per heavy atom. The second-order valence-electron chi connectivity index (χ2n) is 4.98. The Morgan fingerprint density at radius 2 is 2.35 bits per heavy atom. The molecule has 0 radical (unpaired) electrons. The Morgan fingerprint density at radius 3 is 3.12 bits per heavy atom. The van der Waals surface area contributed by atoms with Crippen LogP contribution in [0.15, 0.2) is 24.3 Å². The van der Waals surface area contributed by atoms with Gasteiger partial charge in [-0.3, -0.25) is 0 Å². The molecule has 0 bridgehead atoms. The molecule has 1 nitrogen and oxygen atoms in total. The highest BCUT2D eigenvalue weighted by Gasteiger charge is 2.12. The molecule has 1 aliphatic heterocycles. The monoisotopic (exact) mass is 249 g/mol. The zero-order valence-corrected chi connectivity index (χ0v) is 11.6. The molecule has 1 saturated heterocycles. The van der Waals surface area contributed by atoms with Crippen molar-refractivity contribution in [1.29, 1.82) is 0 Å². The van der Waals surface area contributed by atoms with Crippen molar-refractivity contribution in [3.63, 3.8) is 0 Å². The zero-order valence-electron chi connectivity index (χ0n) is 10.7. The van der Waals surface area contributed by atoms with Gasteiger partial charge in [-0.2, -0.15) is 11.8 Å². The summed E-state index contributed by atoms with van der Waals surface area (Å²) in [6, 6.07) is 9.67. The summed E-state index contributed by atoms with van der Waals surface area (Å²) in [5.41, 5.74) is 2.84. The molecule has 17 heavy (non-hydrogen) atoms. The summed E-state index contributed by atoms with van der Waals surface area (Å²) in [6.45, 7) is 3.40. The van der Waals surface area contributed by atoms with E-state index in [1.807, 2.05) is 0 Å². The van der Waals surface area contributed by atoms with Crippen LogP contribution in [0.2, 0.25) is 0 Å². The minimum Gasteiger partial charge on any atom is -0.314 e. The highest BCUT2D eigenvalue weighted by Crippen LogP contribution is 2.17. The third kappa shape index (κ3) is 4.72. The van der Waals surface area contributed by atoms with Crippen LogP contribution >= 0.6 is 11.8 Å². The quantitative estimate of drug-likeness (QED) is 0.770. The molecule has 1 fully saturated rings. The van der Waals surface area contributed by atoms with Crippen LogP contribution in [0.5, 0.6) is 0 Å². The smallest absolute Gasteiger partial charge is 0.0184 e. The summed E-state index contributed by atoms with van der Waals surface area (Å²) >= 11 is 2.07. The second kappa shape index (κ2) is 7.07. The highest BCUT2D eigenvalue weighted by atomic mass is 32.2. The summed E-state index contributed by atoms with van der Waals surface area (Å²) in [5.74, 6) is 2.46. The minimum absolute atomic E-state index is 0.814. The number of rotatable bonds is 6. The lowest BCUT2D eigenvalue weighted by molar-refractivity contribution is 0.553. The first kappa shape index (κ1) is 13.0. The third-order valence-corrected chi connectivity index (χ3v) is 4.47. The fraction of sp³-hybridized carbons (Fsp3) is 0.600. The van der Waals surface area contributed by atoms with E-state index in [4.69, 9.17) is 0 Å². The Hall–Kier alpha value is -0.470. The van der Waals surface area contributed by atoms with Crippen LogP contribution in [0.4, 0.5) is 0 Å². The van der Waals surface area contributed by atoms with Crippen molar-refractivity contribution in [3.8, 4) is 0 Å². The number of hydrogen-bond donors (Lipinski definition) is 1. The van der Waals surface area contributed by atoms with Crippen molar-refractivity contribution >= 4 is 11.8 Å². The fourth-order valence-electron chi connectivity index (χ4n) is 2.43. The van der Waals surface area contributed by atoms with E-state index in [0.717, 1.165) is 6.04 Å². The van der Waals surface area contributed by atoms with Gasteiger partial charge in [0.1, 0.15) is 0 Å². The largest absolute Gasteiger partial charge is 0.314 e. The van der Waals surface area contributed by atoms with Gasteiger partial charge in [-0.05, 0) is 50.5 Å². The van der Waals surface area contributed by atoms with Crippen LogP contribution in [-0.2, 0) is 5.75 Å². The van der Waals surface area contributed by atoms with Gasteiger partial charge in [-0.25, -0.2) is 0 Å². The molecule has 2 heteroatoms. The van der Waals surface area contributed by atoms with Crippen molar-refractivity contribution in [3.05, 3.63) is 35.4 Å². The van der Waals surface area contributed by atoms with Crippen molar-refractivity contribution < 1.29 is 0 Å². The van der Waals surface area contributed by atoms with Crippen LogP contribution in [-0.4, -0.2) is 18.3 Å². The molecule has 94 valence electrons. The minimum atomic E-state index is 0.814. The average Bonchev–Trinajstić information content (AvgIpc) is 2.82. The molecule has 1 heterocycles. The average molecular weight is 249 g/mol. The van der Waals surface area contributed by atoms with Crippen molar-refractivity contribution in [2.24, 2.45) is 0 Å². The van der Waals surface area contributed by atoms with Gasteiger partial charge in [0.25, 0.3) is 0 Å². The zero-order chi connectivity index (χ0) is 11.9. The van der Waals surface area contributed by atoms with Crippen LogP contribution in [0.1, 0.15) is 36.8 Å². The van der Waals surface area contributed by atoms with Crippen LogP contribution in [0.3, 0.4) is 0 Å². The number of thioether (sulfide) groups is 1. The van der Waals surface area contributed by atoms with E-state index in [1.54, 1.807) is 0 Å². The number of aryl methyl sites for hydroxylation is 1. The molecule has 2 rings (SSSR count). The first-order valence-electron chi connectivity index (χ1n) is 6.71. The molecule has 0 aromatic heterocycles. The molecule has 1 aromatic carbocycles. The highest BCUT2D eigenvalue weighted by molar-refractivity contribution is 7.98. The lowest BCUT2D eigenvalue weighted by atomic mass is 10.1. The molecule has 1 aromatic rings. The van der Waals surface area contributed by atoms with Crippen molar-refractivity contribution in [2.75, 3.05) is 12.3 Å². The molecule has 0 aliphatic carbocycles. The summed E-state index contributed by atoms with van der Waals surface area (Å²) in [5, 5.41) is 3.56. The SMILES string of the molecule is Cc1cccc(CSCCCC2CCCN2)c1. The van der Waals surface area contributed by atoms with Gasteiger partial charge in [0, 0.05) is 11.8 Å². The molecule has 1 atom stereocenters. The van der Waals surface area contributed by atoms with Crippen LogP contribution in [0, 0.1) is 6.92 Å². The van der Waals surface area contributed by atoms with E-state index < -0.39 is 0 Å². The van der Waals surface area contributed by atoms with Gasteiger partial charge in [0.05, 0.1) is 0 Å². The Balaban J connectivity index is 1.56. The van der Waals surface area contributed by atoms with E-state index in [-0.39, 0.29) is 0 Å². The maximum atomic E-state index is 3.56. The maximum Gasteiger partial charge on any atom is 0.0184 e. The molecular formula is C15H23NS. The standard InChI is InChI=1S/C15H23NS/c1-13-5-2-6-14(11-13)12-17-10-4-8-15-7-3-9-16-15/h2,5-6,11,15-16H,3-4,7-10,12H2,1H3. The molecule has 0 saturated carbocycles. The van der Waals surface area contributed by atoms with Crippen LogP contribution < -0.4 is 5.32 Å². The first-order valence-corrected chi connectivity index (χ1v) is 7.87. The van der Waals surface area contributed by atoms with E-state index in [1.165, 1.54) is 54.9 Å². The van der Waals surface area contributed by atoms with Crippen molar-refractivity contribution in [2.45, 2.75) is 44.4 Å². The summed E-state index contributed by atoms with van der Waals surface area (Å²) in [6.07, 6.45) is 5.48. The normalized spacial score (nSPS) is 19.7.